The Kier molecular flexibility index (Phi) is 6.82. The van der Waals surface area contributed by atoms with Gasteiger partial charge >= 0.3 is 12.0 Å². The second-order valence-electron chi connectivity index (χ2n) is 8.42. The quantitative estimate of drug-likeness (QED) is 0.361. The first-order valence-electron chi connectivity index (χ1n) is 11.1. The molecule has 0 N–H and O–H groups in total. The summed E-state index contributed by atoms with van der Waals surface area (Å²) in [4.78, 5) is 31.1. The summed E-state index contributed by atoms with van der Waals surface area (Å²) < 4.78 is 44.1. The van der Waals surface area contributed by atoms with Gasteiger partial charge < -0.3 is 24.7 Å². The van der Waals surface area contributed by atoms with Gasteiger partial charge in [-0.2, -0.15) is 13.2 Å². The number of carbonyl (C=O) groups is 1. The molecule has 11 heteroatoms. The number of halogens is 3. The summed E-state index contributed by atoms with van der Waals surface area (Å²) in [5, 5.41) is 10.8. The molecule has 1 aliphatic rings. The SMILES string of the molecule is COc1cc(C(=O)N2CCN(c3ccc([N+](=O)[O-])nc3)[C@H](C)C2)ccc1-c1ccc(C(F)(F)F)cc1. The molecule has 0 radical (unpaired) electrons. The molecule has 1 atom stereocenters. The van der Waals surface area contributed by atoms with E-state index in [0.29, 0.717) is 42.1 Å². The summed E-state index contributed by atoms with van der Waals surface area (Å²) >= 11 is 0. The minimum atomic E-state index is -4.42. The molecule has 1 fully saturated rings. The van der Waals surface area contributed by atoms with Crippen molar-refractivity contribution in [3.05, 3.63) is 82.0 Å². The molecule has 3 aromatic rings. The fourth-order valence-electron chi connectivity index (χ4n) is 4.27. The minimum Gasteiger partial charge on any atom is -0.496 e. The van der Waals surface area contributed by atoms with Gasteiger partial charge in [0.15, 0.2) is 6.20 Å². The topological polar surface area (TPSA) is 88.8 Å². The van der Waals surface area contributed by atoms with Gasteiger partial charge in [0, 0.05) is 42.9 Å². The predicted molar refractivity (Wildman–Crippen MR) is 127 cm³/mol. The molecule has 1 aromatic heterocycles. The third-order valence-corrected chi connectivity index (χ3v) is 6.14. The zero-order valence-corrected chi connectivity index (χ0v) is 19.5. The maximum Gasteiger partial charge on any atom is 0.416 e. The maximum absolute atomic E-state index is 13.2. The first-order chi connectivity index (χ1) is 17.1. The summed E-state index contributed by atoms with van der Waals surface area (Å²) in [6.45, 7) is 3.34. The van der Waals surface area contributed by atoms with Crippen LogP contribution in [0.4, 0.5) is 24.7 Å². The lowest BCUT2D eigenvalue weighted by Crippen LogP contribution is -2.53. The number of carbonyl (C=O) groups excluding carboxylic acids is 1. The number of pyridine rings is 1. The van der Waals surface area contributed by atoms with Crippen LogP contribution in [0.1, 0.15) is 22.8 Å². The molecule has 0 saturated carbocycles. The lowest BCUT2D eigenvalue weighted by molar-refractivity contribution is -0.389. The van der Waals surface area contributed by atoms with Crippen molar-refractivity contribution in [3.8, 4) is 16.9 Å². The number of alkyl halides is 3. The van der Waals surface area contributed by atoms with Crippen molar-refractivity contribution < 1.29 is 27.6 Å². The van der Waals surface area contributed by atoms with Crippen LogP contribution >= 0.6 is 0 Å². The van der Waals surface area contributed by atoms with Crippen LogP contribution in [-0.4, -0.2) is 53.5 Å². The van der Waals surface area contributed by atoms with Gasteiger partial charge in [-0.25, -0.2) is 0 Å². The second kappa shape index (κ2) is 9.84. The molecular formula is C25H23F3N4O4. The highest BCUT2D eigenvalue weighted by Crippen LogP contribution is 2.35. The Balaban J connectivity index is 1.48. The number of benzene rings is 2. The summed E-state index contributed by atoms with van der Waals surface area (Å²) in [6.07, 6.45) is -2.97. The fourth-order valence-corrected chi connectivity index (χ4v) is 4.27. The lowest BCUT2D eigenvalue weighted by atomic mass is 10.0. The number of nitro groups is 1. The minimum absolute atomic E-state index is 0.0562. The lowest BCUT2D eigenvalue weighted by Gasteiger charge is -2.40. The van der Waals surface area contributed by atoms with Crippen LogP contribution in [0.3, 0.4) is 0 Å². The molecule has 0 spiro atoms. The molecule has 1 saturated heterocycles. The molecule has 2 aromatic carbocycles. The number of amides is 1. The molecule has 1 aliphatic heterocycles. The molecular weight excluding hydrogens is 477 g/mol. The Morgan fingerprint density at radius 3 is 2.39 bits per heavy atom. The van der Waals surface area contributed by atoms with Gasteiger partial charge in [0.25, 0.3) is 5.91 Å². The highest BCUT2D eigenvalue weighted by atomic mass is 19.4. The van der Waals surface area contributed by atoms with Gasteiger partial charge in [0.1, 0.15) is 5.75 Å². The molecule has 188 valence electrons. The number of ether oxygens (including phenoxy) is 1. The van der Waals surface area contributed by atoms with Gasteiger partial charge in [-0.05, 0) is 58.8 Å². The number of hydrogen-bond donors (Lipinski definition) is 0. The van der Waals surface area contributed by atoms with Crippen LogP contribution < -0.4 is 9.64 Å². The molecule has 8 nitrogen and oxygen atoms in total. The largest absolute Gasteiger partial charge is 0.496 e. The smallest absolute Gasteiger partial charge is 0.416 e. The van der Waals surface area contributed by atoms with E-state index in [0.717, 1.165) is 17.8 Å². The van der Waals surface area contributed by atoms with E-state index in [2.05, 4.69) is 4.98 Å². The second-order valence-corrected chi connectivity index (χ2v) is 8.42. The summed E-state index contributed by atoms with van der Waals surface area (Å²) in [5.41, 5.74) is 1.52. The zero-order valence-electron chi connectivity index (χ0n) is 19.5. The average molecular weight is 500 g/mol. The van der Waals surface area contributed by atoms with Gasteiger partial charge in [-0.3, -0.25) is 4.79 Å². The highest BCUT2D eigenvalue weighted by molar-refractivity contribution is 5.96. The van der Waals surface area contributed by atoms with Gasteiger partial charge in [0.2, 0.25) is 0 Å². The van der Waals surface area contributed by atoms with E-state index in [1.165, 1.54) is 31.5 Å². The molecule has 0 aliphatic carbocycles. The standard InChI is InChI=1S/C25H23F3N4O4/c1-16-15-30(11-12-31(16)20-8-10-23(29-14-20)32(34)35)24(33)18-5-9-21(22(13-18)36-2)17-3-6-19(7-4-17)25(26,27)28/h3-10,13-14,16H,11-12,15H2,1-2H3/t16-/m1/s1. The van der Waals surface area contributed by atoms with Crippen molar-refractivity contribution in [2.24, 2.45) is 0 Å². The van der Waals surface area contributed by atoms with Crippen LogP contribution in [0.15, 0.2) is 60.8 Å². The van der Waals surface area contributed by atoms with E-state index in [1.807, 2.05) is 11.8 Å². The number of piperazine rings is 1. The van der Waals surface area contributed by atoms with Crippen molar-refractivity contribution in [3.63, 3.8) is 0 Å². The highest BCUT2D eigenvalue weighted by Gasteiger charge is 2.31. The van der Waals surface area contributed by atoms with Gasteiger partial charge in [-0.1, -0.05) is 12.1 Å². The van der Waals surface area contributed by atoms with Crippen molar-refractivity contribution in [1.29, 1.82) is 0 Å². The number of rotatable bonds is 5. The number of anilines is 1. The molecule has 4 rings (SSSR count). The predicted octanol–water partition coefficient (Wildman–Crippen LogP) is 5.04. The number of nitrogens with zero attached hydrogens (tertiary/aromatic N) is 4. The fraction of sp³-hybridized carbons (Fsp3) is 0.280. The zero-order chi connectivity index (χ0) is 26.0. The van der Waals surface area contributed by atoms with Gasteiger partial charge in [0.05, 0.1) is 18.4 Å². The molecule has 36 heavy (non-hydrogen) atoms. The van der Waals surface area contributed by atoms with Crippen molar-refractivity contribution in [2.75, 3.05) is 31.6 Å². The normalized spacial score (nSPS) is 16.1. The summed E-state index contributed by atoms with van der Waals surface area (Å²) in [5.74, 6) is -0.0428. The van der Waals surface area contributed by atoms with Crippen molar-refractivity contribution >= 4 is 17.4 Å². The Morgan fingerprint density at radius 2 is 1.83 bits per heavy atom. The van der Waals surface area contributed by atoms with E-state index in [4.69, 9.17) is 4.74 Å². The average Bonchev–Trinajstić information content (AvgIpc) is 2.87. The maximum atomic E-state index is 13.2. The van der Waals surface area contributed by atoms with Crippen LogP contribution in [0, 0.1) is 10.1 Å². The monoisotopic (exact) mass is 500 g/mol. The molecule has 2 heterocycles. The van der Waals surface area contributed by atoms with Crippen LogP contribution in [0.2, 0.25) is 0 Å². The number of hydrogen-bond acceptors (Lipinski definition) is 6. The first-order valence-corrected chi connectivity index (χ1v) is 11.1. The van der Waals surface area contributed by atoms with E-state index >= 15 is 0 Å². The molecule has 0 unspecified atom stereocenters. The van der Waals surface area contributed by atoms with Crippen molar-refractivity contribution in [2.45, 2.75) is 19.1 Å². The van der Waals surface area contributed by atoms with Crippen LogP contribution in [0.5, 0.6) is 5.75 Å². The molecule has 1 amide bonds. The van der Waals surface area contributed by atoms with Crippen LogP contribution in [0.25, 0.3) is 11.1 Å². The molecule has 0 bridgehead atoms. The van der Waals surface area contributed by atoms with Crippen molar-refractivity contribution in [1.82, 2.24) is 9.88 Å². The number of methoxy groups -OCH3 is 1. The Labute approximate surface area is 205 Å². The third kappa shape index (κ3) is 5.09. The van der Waals surface area contributed by atoms with E-state index in [-0.39, 0.29) is 17.8 Å². The van der Waals surface area contributed by atoms with E-state index < -0.39 is 16.7 Å². The van der Waals surface area contributed by atoms with E-state index in [1.54, 1.807) is 29.2 Å². The Morgan fingerprint density at radius 1 is 1.11 bits per heavy atom. The Hall–Kier alpha value is -4.15. The summed E-state index contributed by atoms with van der Waals surface area (Å²) in [7, 11) is 1.44. The first kappa shape index (κ1) is 25.0. The van der Waals surface area contributed by atoms with Crippen LogP contribution in [-0.2, 0) is 6.18 Å². The van der Waals surface area contributed by atoms with E-state index in [9.17, 15) is 28.1 Å². The Bertz CT molecular complexity index is 1260. The van der Waals surface area contributed by atoms with Gasteiger partial charge in [-0.15, -0.1) is 0 Å². The summed E-state index contributed by atoms with van der Waals surface area (Å²) in [6, 6.07) is 12.6. The third-order valence-electron chi connectivity index (χ3n) is 6.14. The number of aromatic nitrogens is 1.